The molecule has 3 N–H and O–H groups in total. The van der Waals surface area contributed by atoms with Gasteiger partial charge in [-0.2, -0.15) is 17.0 Å². The van der Waals surface area contributed by atoms with Crippen molar-refractivity contribution in [1.82, 2.24) is 5.32 Å². The molecule has 1 aromatic carbocycles. The third-order valence-electron chi connectivity index (χ3n) is 3.15. The third kappa shape index (κ3) is 6.14. The van der Waals surface area contributed by atoms with E-state index in [1.54, 1.807) is 24.3 Å². The average molecular weight is 368 g/mol. The summed E-state index contributed by atoms with van der Waals surface area (Å²) in [6.45, 7) is 1.85. The maximum absolute atomic E-state index is 12.1. The van der Waals surface area contributed by atoms with Gasteiger partial charge in [-0.15, -0.1) is 0 Å². The van der Waals surface area contributed by atoms with Crippen LogP contribution in [0.2, 0.25) is 5.02 Å². The summed E-state index contributed by atoms with van der Waals surface area (Å²) in [5, 5.41) is 24.0. The lowest BCUT2D eigenvalue weighted by molar-refractivity contribution is -0.141. The van der Waals surface area contributed by atoms with Crippen LogP contribution in [0.5, 0.6) is 0 Å². The molecule has 0 bridgehead atoms. The van der Waals surface area contributed by atoms with Gasteiger partial charge < -0.3 is 15.7 Å². The number of carbonyl (C=O) groups excluding carboxylic acids is 1. The summed E-state index contributed by atoms with van der Waals surface area (Å²) in [5.41, 5.74) is 1.32. The minimum atomic E-state index is -1.13. The Morgan fingerprint density at radius 1 is 1.50 bits per heavy atom. The number of aryl methyl sites for hydroxylation is 1. The van der Waals surface area contributed by atoms with Crippen LogP contribution >= 0.6 is 23.4 Å². The number of carboxylic acids is 1. The zero-order valence-electron chi connectivity index (χ0n) is 13.3. The second kappa shape index (κ2) is 9.85. The zero-order valence-corrected chi connectivity index (χ0v) is 14.9. The van der Waals surface area contributed by atoms with Crippen LogP contribution in [-0.4, -0.2) is 35.0 Å². The van der Waals surface area contributed by atoms with Crippen molar-refractivity contribution in [2.75, 3.05) is 17.3 Å². The van der Waals surface area contributed by atoms with Crippen molar-refractivity contribution in [3.05, 3.63) is 40.6 Å². The molecule has 0 radical (unpaired) electrons. The predicted octanol–water partition coefficient (Wildman–Crippen LogP) is 2.79. The Morgan fingerprint density at radius 2 is 2.21 bits per heavy atom. The van der Waals surface area contributed by atoms with Gasteiger partial charge in [0, 0.05) is 16.9 Å². The van der Waals surface area contributed by atoms with Crippen LogP contribution in [0.1, 0.15) is 12.0 Å². The quantitative estimate of drug-likeness (QED) is 0.482. The van der Waals surface area contributed by atoms with Gasteiger partial charge in [0.25, 0.3) is 5.91 Å². The first-order chi connectivity index (χ1) is 11.4. The molecule has 1 unspecified atom stereocenters. The van der Waals surface area contributed by atoms with Crippen LogP contribution in [0.3, 0.4) is 0 Å². The van der Waals surface area contributed by atoms with E-state index in [0.717, 1.165) is 5.56 Å². The maximum Gasteiger partial charge on any atom is 0.326 e. The molecule has 6 nitrogen and oxygen atoms in total. The van der Waals surface area contributed by atoms with Gasteiger partial charge in [-0.25, -0.2) is 4.79 Å². The number of nitrogens with one attached hydrogen (secondary N) is 2. The van der Waals surface area contributed by atoms with E-state index in [4.69, 9.17) is 22.0 Å². The summed E-state index contributed by atoms with van der Waals surface area (Å²) in [6.07, 6.45) is 3.36. The van der Waals surface area contributed by atoms with Crippen LogP contribution in [-0.2, 0) is 9.59 Å². The Kier molecular flexibility index (Phi) is 8.16. The van der Waals surface area contributed by atoms with E-state index in [0.29, 0.717) is 16.5 Å². The van der Waals surface area contributed by atoms with E-state index in [9.17, 15) is 9.59 Å². The zero-order chi connectivity index (χ0) is 18.1. The van der Waals surface area contributed by atoms with E-state index in [-0.39, 0.29) is 12.0 Å². The number of nitrogens with zero attached hydrogens (tertiary/aromatic N) is 1. The van der Waals surface area contributed by atoms with Crippen LogP contribution in [0, 0.1) is 18.3 Å². The van der Waals surface area contributed by atoms with Crippen LogP contribution in [0.4, 0.5) is 5.69 Å². The normalized spacial score (nSPS) is 12.2. The Hall–Kier alpha value is -2.17. The molecule has 1 amide bonds. The highest BCUT2D eigenvalue weighted by Crippen LogP contribution is 2.20. The topological polar surface area (TPSA) is 102 Å². The molecule has 0 aliphatic heterocycles. The molecular formula is C16H18ClN3O3S. The van der Waals surface area contributed by atoms with Gasteiger partial charge in [0.15, 0.2) is 0 Å². The van der Waals surface area contributed by atoms with Crippen molar-refractivity contribution in [3.8, 4) is 6.07 Å². The van der Waals surface area contributed by atoms with E-state index in [1.165, 1.54) is 18.0 Å². The Bertz CT molecular complexity index is 686. The number of carbonyl (C=O) groups is 2. The number of aliphatic carboxylic acids is 1. The molecule has 0 saturated carbocycles. The maximum atomic E-state index is 12.1. The second-order valence-corrected chi connectivity index (χ2v) is 6.34. The summed E-state index contributed by atoms with van der Waals surface area (Å²) in [7, 11) is 0. The molecule has 0 aliphatic rings. The standard InChI is InChI=1S/C16H18ClN3O3S/c1-10-3-4-12(17)7-14(10)19-9-11(8-18)15(21)20-13(16(22)23)5-6-24-2/h3-4,7,9,13,19H,5-6H2,1-2H3,(H,20,21)(H,22,23)/b11-9-. The molecule has 0 saturated heterocycles. The molecule has 1 atom stereocenters. The van der Waals surface area contributed by atoms with Gasteiger partial charge in [-0.3, -0.25) is 4.79 Å². The number of rotatable bonds is 8. The van der Waals surface area contributed by atoms with E-state index < -0.39 is 17.9 Å². The number of hydrogen-bond acceptors (Lipinski definition) is 5. The highest BCUT2D eigenvalue weighted by atomic mass is 35.5. The van der Waals surface area contributed by atoms with Crippen molar-refractivity contribution in [2.45, 2.75) is 19.4 Å². The lowest BCUT2D eigenvalue weighted by atomic mass is 10.2. The summed E-state index contributed by atoms with van der Waals surface area (Å²) in [5.74, 6) is -1.28. The second-order valence-electron chi connectivity index (χ2n) is 4.92. The highest BCUT2D eigenvalue weighted by molar-refractivity contribution is 7.98. The molecule has 24 heavy (non-hydrogen) atoms. The fourth-order valence-corrected chi connectivity index (χ4v) is 2.42. The summed E-state index contributed by atoms with van der Waals surface area (Å²) < 4.78 is 0. The van der Waals surface area contributed by atoms with Gasteiger partial charge >= 0.3 is 5.97 Å². The molecule has 0 aromatic heterocycles. The molecule has 0 aliphatic carbocycles. The van der Waals surface area contributed by atoms with Gasteiger partial charge in [-0.1, -0.05) is 17.7 Å². The molecule has 1 rings (SSSR count). The predicted molar refractivity (Wildman–Crippen MR) is 96.1 cm³/mol. The summed E-state index contributed by atoms with van der Waals surface area (Å²) in [6, 6.07) is 5.92. The number of benzene rings is 1. The SMILES string of the molecule is CSCCC(NC(=O)/C(C#N)=C\Nc1cc(Cl)ccc1C)C(=O)O. The number of nitriles is 1. The number of hydrogen-bond donors (Lipinski definition) is 3. The number of anilines is 1. The third-order valence-corrected chi connectivity index (χ3v) is 4.03. The van der Waals surface area contributed by atoms with Gasteiger partial charge in [-0.05, 0) is 43.0 Å². The Morgan fingerprint density at radius 3 is 2.79 bits per heavy atom. The largest absolute Gasteiger partial charge is 0.480 e. The Labute approximate surface area is 149 Å². The molecule has 128 valence electrons. The fraction of sp³-hybridized carbons (Fsp3) is 0.312. The van der Waals surface area contributed by atoms with Crippen LogP contribution < -0.4 is 10.6 Å². The van der Waals surface area contributed by atoms with Crippen molar-refractivity contribution in [3.63, 3.8) is 0 Å². The van der Waals surface area contributed by atoms with E-state index in [2.05, 4.69) is 10.6 Å². The lowest BCUT2D eigenvalue weighted by Gasteiger charge is -2.13. The molecule has 0 fully saturated rings. The van der Waals surface area contributed by atoms with Crippen molar-refractivity contribution in [2.24, 2.45) is 0 Å². The van der Waals surface area contributed by atoms with E-state index in [1.807, 2.05) is 13.2 Å². The van der Waals surface area contributed by atoms with Crippen molar-refractivity contribution >= 4 is 40.9 Å². The molecule has 0 heterocycles. The van der Waals surface area contributed by atoms with Gasteiger partial charge in [0.1, 0.15) is 17.7 Å². The summed E-state index contributed by atoms with van der Waals surface area (Å²) >= 11 is 7.39. The number of carboxylic acid groups (broad SMARTS) is 1. The molecule has 0 spiro atoms. The number of amides is 1. The smallest absolute Gasteiger partial charge is 0.326 e. The van der Waals surface area contributed by atoms with Gasteiger partial charge in [0.05, 0.1) is 0 Å². The average Bonchev–Trinajstić information content (AvgIpc) is 2.54. The first-order valence-corrected chi connectivity index (χ1v) is 8.81. The Balaban J connectivity index is 2.83. The summed E-state index contributed by atoms with van der Waals surface area (Å²) in [4.78, 5) is 23.2. The first-order valence-electron chi connectivity index (χ1n) is 7.04. The fourth-order valence-electron chi connectivity index (χ4n) is 1.78. The number of halogens is 1. The minimum Gasteiger partial charge on any atom is -0.480 e. The van der Waals surface area contributed by atoms with E-state index >= 15 is 0 Å². The monoisotopic (exact) mass is 367 g/mol. The van der Waals surface area contributed by atoms with Crippen LogP contribution in [0.15, 0.2) is 30.0 Å². The minimum absolute atomic E-state index is 0.218. The van der Waals surface area contributed by atoms with Crippen LogP contribution in [0.25, 0.3) is 0 Å². The first kappa shape index (κ1) is 19.9. The van der Waals surface area contributed by atoms with Crippen molar-refractivity contribution < 1.29 is 14.7 Å². The van der Waals surface area contributed by atoms with Crippen molar-refractivity contribution in [1.29, 1.82) is 5.26 Å². The highest BCUT2D eigenvalue weighted by Gasteiger charge is 2.21. The molecule has 8 heteroatoms. The molecular weight excluding hydrogens is 350 g/mol. The number of thioether (sulfide) groups is 1. The lowest BCUT2D eigenvalue weighted by Crippen LogP contribution is -2.41. The van der Waals surface area contributed by atoms with Gasteiger partial charge in [0.2, 0.25) is 0 Å². The molecule has 1 aromatic rings.